The van der Waals surface area contributed by atoms with Gasteiger partial charge in [-0.3, -0.25) is 0 Å². The topological polar surface area (TPSA) is 95.1 Å². The lowest BCUT2D eigenvalue weighted by Crippen LogP contribution is -2.34. The quantitative estimate of drug-likeness (QED) is 0.691. The third-order valence-corrected chi connectivity index (χ3v) is 3.81. The van der Waals surface area contributed by atoms with E-state index in [-0.39, 0.29) is 23.6 Å². The van der Waals surface area contributed by atoms with Gasteiger partial charge in [-0.25, -0.2) is 18.1 Å². The van der Waals surface area contributed by atoms with Gasteiger partial charge in [0.05, 0.1) is 6.20 Å². The molecule has 0 saturated heterocycles. The molecule has 6 nitrogen and oxygen atoms in total. The van der Waals surface area contributed by atoms with Crippen molar-refractivity contribution in [1.82, 2.24) is 14.7 Å². The first-order chi connectivity index (χ1) is 7.77. The molecule has 1 rings (SSSR count). The largest absolute Gasteiger partial charge is 0.396 e. The number of rotatable bonds is 6. The van der Waals surface area contributed by atoms with E-state index in [1.54, 1.807) is 6.92 Å². The summed E-state index contributed by atoms with van der Waals surface area (Å²) in [5.41, 5.74) is -0.281. The van der Waals surface area contributed by atoms with Gasteiger partial charge < -0.3 is 10.1 Å². The van der Waals surface area contributed by atoms with Crippen molar-refractivity contribution in [2.75, 3.05) is 13.2 Å². The van der Waals surface area contributed by atoms with Crippen molar-refractivity contribution in [2.45, 2.75) is 32.2 Å². The Morgan fingerprint density at radius 1 is 1.53 bits per heavy atom. The summed E-state index contributed by atoms with van der Waals surface area (Å²) >= 11 is 0. The van der Waals surface area contributed by atoms with E-state index in [2.05, 4.69) is 14.7 Å². The number of hydrogen-bond donors (Lipinski definition) is 3. The standard InChI is InChI=1S/C10H19N3O3S/c1-8-11-6-9(13-8)17(15,16)12-7-10(2,3)4-5-14/h6,12,14H,4-5,7H2,1-3H3,(H,11,13). The first kappa shape index (κ1) is 14.1. The molecule has 0 amide bonds. The maximum atomic E-state index is 11.9. The Morgan fingerprint density at radius 2 is 2.18 bits per heavy atom. The number of hydrogen-bond acceptors (Lipinski definition) is 4. The summed E-state index contributed by atoms with van der Waals surface area (Å²) in [6.07, 6.45) is 1.83. The van der Waals surface area contributed by atoms with Gasteiger partial charge in [0.25, 0.3) is 10.0 Å². The summed E-state index contributed by atoms with van der Waals surface area (Å²) < 4.78 is 26.2. The second kappa shape index (κ2) is 5.16. The van der Waals surface area contributed by atoms with Gasteiger partial charge in [-0.1, -0.05) is 13.8 Å². The third-order valence-electron chi connectivity index (χ3n) is 2.50. The molecule has 1 aromatic heterocycles. The van der Waals surface area contributed by atoms with Crippen LogP contribution in [0.1, 0.15) is 26.1 Å². The molecule has 0 aliphatic heterocycles. The molecule has 0 saturated carbocycles. The van der Waals surface area contributed by atoms with E-state index >= 15 is 0 Å². The molecule has 17 heavy (non-hydrogen) atoms. The van der Waals surface area contributed by atoms with Crippen molar-refractivity contribution in [3.05, 3.63) is 12.0 Å². The highest BCUT2D eigenvalue weighted by molar-refractivity contribution is 7.89. The number of sulfonamides is 1. The Labute approximate surface area is 102 Å². The predicted molar refractivity (Wildman–Crippen MR) is 64.0 cm³/mol. The molecular formula is C10H19N3O3S. The highest BCUT2D eigenvalue weighted by Gasteiger charge is 2.22. The molecular weight excluding hydrogens is 242 g/mol. The number of nitrogens with one attached hydrogen (secondary N) is 2. The summed E-state index contributed by atoms with van der Waals surface area (Å²) in [6.45, 7) is 5.79. The minimum absolute atomic E-state index is 0.0396. The zero-order chi connectivity index (χ0) is 13.1. The summed E-state index contributed by atoms with van der Waals surface area (Å²) in [5.74, 6) is 0.556. The molecule has 0 radical (unpaired) electrons. The Morgan fingerprint density at radius 3 is 2.65 bits per heavy atom. The first-order valence-electron chi connectivity index (χ1n) is 5.39. The van der Waals surface area contributed by atoms with Crippen molar-refractivity contribution in [3.8, 4) is 0 Å². The van der Waals surface area contributed by atoms with E-state index < -0.39 is 10.0 Å². The van der Waals surface area contributed by atoms with Crippen LogP contribution in [0.3, 0.4) is 0 Å². The normalized spacial score (nSPS) is 12.9. The molecule has 0 aliphatic carbocycles. The first-order valence-corrected chi connectivity index (χ1v) is 6.87. The summed E-state index contributed by atoms with van der Waals surface area (Å²) in [5, 5.41) is 8.92. The molecule has 0 aliphatic rings. The molecule has 3 N–H and O–H groups in total. The highest BCUT2D eigenvalue weighted by Crippen LogP contribution is 2.19. The maximum Gasteiger partial charge on any atom is 0.257 e. The average molecular weight is 261 g/mol. The Hall–Kier alpha value is -0.920. The van der Waals surface area contributed by atoms with E-state index in [1.165, 1.54) is 6.20 Å². The lowest BCUT2D eigenvalue weighted by atomic mass is 9.90. The van der Waals surface area contributed by atoms with E-state index in [1.807, 2.05) is 13.8 Å². The number of aromatic amines is 1. The lowest BCUT2D eigenvalue weighted by molar-refractivity contribution is 0.213. The van der Waals surface area contributed by atoms with Gasteiger partial charge >= 0.3 is 0 Å². The van der Waals surface area contributed by atoms with Crippen molar-refractivity contribution in [2.24, 2.45) is 5.41 Å². The molecule has 7 heteroatoms. The summed E-state index contributed by atoms with van der Waals surface area (Å²) in [4.78, 5) is 6.52. The van der Waals surface area contributed by atoms with Crippen LogP contribution in [-0.2, 0) is 10.0 Å². The van der Waals surface area contributed by atoms with E-state index in [0.29, 0.717) is 12.2 Å². The molecule has 0 spiro atoms. The fourth-order valence-corrected chi connectivity index (χ4v) is 2.50. The van der Waals surface area contributed by atoms with Crippen LogP contribution in [-0.4, -0.2) is 36.6 Å². The fourth-order valence-electron chi connectivity index (χ4n) is 1.29. The number of H-pyrrole nitrogens is 1. The van der Waals surface area contributed by atoms with Gasteiger partial charge in [0.2, 0.25) is 0 Å². The number of aliphatic hydroxyl groups is 1. The van der Waals surface area contributed by atoms with Gasteiger partial charge in [0.15, 0.2) is 5.03 Å². The number of aryl methyl sites for hydroxylation is 1. The van der Waals surface area contributed by atoms with Crippen LogP contribution in [0.15, 0.2) is 11.2 Å². The minimum Gasteiger partial charge on any atom is -0.396 e. The number of aliphatic hydroxyl groups excluding tert-OH is 1. The molecule has 1 aromatic rings. The Bertz CT molecular complexity index is 465. The van der Waals surface area contributed by atoms with Crippen molar-refractivity contribution in [3.63, 3.8) is 0 Å². The van der Waals surface area contributed by atoms with Crippen LogP contribution in [0, 0.1) is 12.3 Å². The van der Waals surface area contributed by atoms with Gasteiger partial charge in [-0.2, -0.15) is 0 Å². The molecule has 0 unspecified atom stereocenters. The number of aromatic nitrogens is 2. The molecule has 98 valence electrons. The van der Waals surface area contributed by atoms with E-state index in [4.69, 9.17) is 5.11 Å². The van der Waals surface area contributed by atoms with Crippen LogP contribution in [0.5, 0.6) is 0 Å². The summed E-state index contributed by atoms with van der Waals surface area (Å²) in [7, 11) is -3.54. The number of nitrogens with zero attached hydrogens (tertiary/aromatic N) is 1. The number of imidazole rings is 1. The zero-order valence-corrected chi connectivity index (χ0v) is 11.1. The molecule has 0 atom stereocenters. The monoisotopic (exact) mass is 261 g/mol. The molecule has 0 fully saturated rings. The highest BCUT2D eigenvalue weighted by atomic mass is 32.2. The van der Waals surface area contributed by atoms with Gasteiger partial charge in [0, 0.05) is 13.2 Å². The predicted octanol–water partition coefficient (Wildman–Crippen LogP) is 0.405. The van der Waals surface area contributed by atoms with Crippen LogP contribution in [0.25, 0.3) is 0 Å². The zero-order valence-electron chi connectivity index (χ0n) is 10.3. The van der Waals surface area contributed by atoms with Gasteiger partial charge in [0.1, 0.15) is 5.82 Å². The van der Waals surface area contributed by atoms with Crippen molar-refractivity contribution >= 4 is 10.0 Å². The Balaban J connectivity index is 2.69. The smallest absolute Gasteiger partial charge is 0.257 e. The van der Waals surface area contributed by atoms with Crippen LogP contribution >= 0.6 is 0 Å². The van der Waals surface area contributed by atoms with Gasteiger partial charge in [-0.05, 0) is 18.8 Å². The Kier molecular flexibility index (Phi) is 4.29. The van der Waals surface area contributed by atoms with E-state index in [0.717, 1.165) is 0 Å². The van der Waals surface area contributed by atoms with E-state index in [9.17, 15) is 8.42 Å². The molecule has 0 aromatic carbocycles. The third kappa shape index (κ3) is 4.10. The fraction of sp³-hybridized carbons (Fsp3) is 0.700. The van der Waals surface area contributed by atoms with Crippen LogP contribution in [0.4, 0.5) is 0 Å². The van der Waals surface area contributed by atoms with Gasteiger partial charge in [-0.15, -0.1) is 0 Å². The van der Waals surface area contributed by atoms with Crippen molar-refractivity contribution in [1.29, 1.82) is 0 Å². The average Bonchev–Trinajstić information content (AvgIpc) is 2.63. The SMILES string of the molecule is Cc1ncc(S(=O)(=O)NCC(C)(C)CCO)[nH]1. The second-order valence-corrected chi connectivity index (χ2v) is 6.53. The lowest BCUT2D eigenvalue weighted by Gasteiger charge is -2.23. The maximum absolute atomic E-state index is 11.9. The van der Waals surface area contributed by atoms with Crippen LogP contribution in [0.2, 0.25) is 0 Å². The molecule has 0 bridgehead atoms. The van der Waals surface area contributed by atoms with Crippen molar-refractivity contribution < 1.29 is 13.5 Å². The second-order valence-electron chi connectivity index (χ2n) is 4.80. The minimum atomic E-state index is -3.54. The van der Waals surface area contributed by atoms with Crippen LogP contribution < -0.4 is 4.72 Å². The summed E-state index contributed by atoms with van der Waals surface area (Å²) in [6, 6.07) is 0. The molecule has 1 heterocycles.